The van der Waals surface area contributed by atoms with Gasteiger partial charge < -0.3 is 14.4 Å². The number of rotatable bonds is 4. The number of aromatic nitrogens is 2. The molecule has 2 fully saturated rings. The molecule has 6 nitrogen and oxygen atoms in total. The number of pyridine rings is 2. The van der Waals surface area contributed by atoms with Crippen molar-refractivity contribution in [3.8, 4) is 5.75 Å². The highest BCUT2D eigenvalue weighted by Crippen LogP contribution is 2.42. The Morgan fingerprint density at radius 1 is 1.40 bits per heavy atom. The summed E-state index contributed by atoms with van der Waals surface area (Å²) in [5.74, 6) is 1.07. The molecule has 6 heteroatoms. The number of hydrogen-bond acceptors (Lipinski definition) is 5. The van der Waals surface area contributed by atoms with Crippen LogP contribution >= 0.6 is 0 Å². The Kier molecular flexibility index (Phi) is 4.13. The molecule has 2 atom stereocenters. The van der Waals surface area contributed by atoms with Crippen LogP contribution in [-0.4, -0.2) is 53.7 Å². The summed E-state index contributed by atoms with van der Waals surface area (Å²) in [5.41, 5.74) is 1.39. The van der Waals surface area contributed by atoms with Crippen molar-refractivity contribution in [2.45, 2.75) is 6.92 Å². The fourth-order valence-corrected chi connectivity index (χ4v) is 3.63. The largest absolute Gasteiger partial charge is 0.491 e. The first-order valence-corrected chi connectivity index (χ1v) is 8.49. The molecule has 0 unspecified atom stereocenters. The van der Waals surface area contributed by atoms with E-state index in [9.17, 15) is 4.79 Å². The molecule has 0 aromatic carbocycles. The first kappa shape index (κ1) is 16.0. The van der Waals surface area contributed by atoms with E-state index in [-0.39, 0.29) is 11.3 Å². The number of fused-ring (bicyclic) bond motifs is 1. The fourth-order valence-electron chi connectivity index (χ4n) is 3.63. The number of aryl methyl sites for hydroxylation is 1. The summed E-state index contributed by atoms with van der Waals surface area (Å²) in [6.45, 7) is 5.07. The molecule has 130 valence electrons. The third-order valence-corrected chi connectivity index (χ3v) is 5.13. The van der Waals surface area contributed by atoms with E-state index in [1.807, 2.05) is 36.1 Å². The Hall–Kier alpha value is -2.47. The van der Waals surface area contributed by atoms with E-state index in [0.29, 0.717) is 44.4 Å². The maximum Gasteiger partial charge on any atom is 0.255 e. The van der Waals surface area contributed by atoms with Crippen molar-refractivity contribution in [3.05, 3.63) is 54.1 Å². The van der Waals surface area contributed by atoms with Crippen LogP contribution in [0.4, 0.5) is 0 Å². The number of amides is 1. The topological polar surface area (TPSA) is 64.6 Å². The lowest BCUT2D eigenvalue weighted by atomic mass is 9.82. The Bertz CT molecular complexity index is 750. The highest BCUT2D eigenvalue weighted by Gasteiger charge is 2.52. The Morgan fingerprint density at radius 2 is 2.32 bits per heavy atom. The van der Waals surface area contributed by atoms with Crippen LogP contribution in [0.1, 0.15) is 16.1 Å². The molecule has 4 heterocycles. The van der Waals surface area contributed by atoms with Gasteiger partial charge in [0.15, 0.2) is 0 Å². The molecule has 4 rings (SSSR count). The molecule has 2 aliphatic heterocycles. The Labute approximate surface area is 146 Å². The van der Waals surface area contributed by atoms with Crippen molar-refractivity contribution in [2.75, 3.05) is 32.9 Å². The monoisotopic (exact) mass is 339 g/mol. The number of hydrogen-bond donors (Lipinski definition) is 0. The molecular weight excluding hydrogens is 318 g/mol. The lowest BCUT2D eigenvalue weighted by Crippen LogP contribution is -2.38. The predicted octanol–water partition coefficient (Wildman–Crippen LogP) is 1.95. The van der Waals surface area contributed by atoms with Crippen molar-refractivity contribution in [1.29, 1.82) is 0 Å². The van der Waals surface area contributed by atoms with E-state index in [4.69, 9.17) is 9.47 Å². The van der Waals surface area contributed by atoms with E-state index in [1.165, 1.54) is 0 Å². The van der Waals surface area contributed by atoms with E-state index < -0.39 is 0 Å². The van der Waals surface area contributed by atoms with Crippen molar-refractivity contribution >= 4 is 5.91 Å². The minimum absolute atomic E-state index is 0.0302. The van der Waals surface area contributed by atoms with Gasteiger partial charge in [-0.1, -0.05) is 0 Å². The van der Waals surface area contributed by atoms with Crippen LogP contribution in [0.2, 0.25) is 0 Å². The van der Waals surface area contributed by atoms with Gasteiger partial charge in [0.2, 0.25) is 0 Å². The maximum absolute atomic E-state index is 12.8. The molecular formula is C19H21N3O3. The SMILES string of the molecule is Cc1ccc(C(=O)N2C[C@@H]3COC[C@]3(COc3cccnc3)C2)cn1. The zero-order valence-electron chi connectivity index (χ0n) is 14.2. The molecule has 2 saturated heterocycles. The highest BCUT2D eigenvalue weighted by atomic mass is 16.5. The lowest BCUT2D eigenvalue weighted by molar-refractivity contribution is 0.0659. The molecule has 0 saturated carbocycles. The van der Waals surface area contributed by atoms with Crippen LogP contribution in [0.3, 0.4) is 0 Å². The van der Waals surface area contributed by atoms with Gasteiger partial charge >= 0.3 is 0 Å². The minimum atomic E-state index is -0.149. The zero-order valence-corrected chi connectivity index (χ0v) is 14.2. The summed E-state index contributed by atoms with van der Waals surface area (Å²) < 4.78 is 11.7. The molecule has 0 N–H and O–H groups in total. The molecule has 0 radical (unpaired) electrons. The third kappa shape index (κ3) is 3.09. The van der Waals surface area contributed by atoms with Gasteiger partial charge in [-0.3, -0.25) is 14.8 Å². The standard InChI is InChI=1S/C19H21N3O3/c1-14-4-5-15(7-21-14)18(23)22-9-16-10-24-12-19(16,11-22)13-25-17-3-2-6-20-8-17/h2-8,16H,9-13H2,1H3/t16-,19+/m1/s1. The van der Waals surface area contributed by atoms with Gasteiger partial charge in [-0.15, -0.1) is 0 Å². The molecule has 25 heavy (non-hydrogen) atoms. The average molecular weight is 339 g/mol. The van der Waals surface area contributed by atoms with Gasteiger partial charge in [-0.2, -0.15) is 0 Å². The normalized spacial score (nSPS) is 25.0. The van der Waals surface area contributed by atoms with Crippen molar-refractivity contribution in [2.24, 2.45) is 11.3 Å². The van der Waals surface area contributed by atoms with Gasteiger partial charge in [-0.25, -0.2) is 0 Å². The summed E-state index contributed by atoms with van der Waals surface area (Å²) >= 11 is 0. The summed E-state index contributed by atoms with van der Waals surface area (Å²) in [4.78, 5) is 23.0. The van der Waals surface area contributed by atoms with Crippen LogP contribution in [0, 0.1) is 18.3 Å². The van der Waals surface area contributed by atoms with Gasteiger partial charge in [0, 0.05) is 37.1 Å². The molecule has 0 aliphatic carbocycles. The zero-order chi connectivity index (χ0) is 17.3. The number of nitrogens with zero attached hydrogens (tertiary/aromatic N) is 3. The molecule has 0 spiro atoms. The number of ether oxygens (including phenoxy) is 2. The third-order valence-electron chi connectivity index (χ3n) is 5.13. The first-order valence-electron chi connectivity index (χ1n) is 8.49. The van der Waals surface area contributed by atoms with Crippen molar-refractivity contribution in [3.63, 3.8) is 0 Å². The fraction of sp³-hybridized carbons (Fsp3) is 0.421. The number of carbonyl (C=O) groups excluding carboxylic acids is 1. The Morgan fingerprint density at radius 3 is 3.08 bits per heavy atom. The summed E-state index contributed by atoms with van der Waals surface area (Å²) in [6.07, 6.45) is 5.08. The lowest BCUT2D eigenvalue weighted by Gasteiger charge is -2.27. The molecule has 2 aromatic rings. The van der Waals surface area contributed by atoms with Crippen LogP contribution in [0.25, 0.3) is 0 Å². The second-order valence-corrected chi connectivity index (χ2v) is 6.93. The molecule has 0 bridgehead atoms. The summed E-state index contributed by atoms with van der Waals surface area (Å²) in [7, 11) is 0. The Balaban J connectivity index is 1.47. The van der Waals surface area contributed by atoms with Crippen LogP contribution in [0.5, 0.6) is 5.75 Å². The van der Waals surface area contributed by atoms with E-state index in [2.05, 4.69) is 9.97 Å². The first-order chi connectivity index (χ1) is 12.2. The number of carbonyl (C=O) groups is 1. The van der Waals surface area contributed by atoms with Gasteiger partial charge in [0.05, 0.1) is 37.0 Å². The molecule has 2 aromatic heterocycles. The number of likely N-dealkylation sites (tertiary alicyclic amines) is 1. The van der Waals surface area contributed by atoms with Crippen molar-refractivity contribution < 1.29 is 14.3 Å². The highest BCUT2D eigenvalue weighted by molar-refractivity contribution is 5.94. The maximum atomic E-state index is 12.8. The van der Waals surface area contributed by atoms with E-state index in [1.54, 1.807) is 18.6 Å². The molecule has 1 amide bonds. The van der Waals surface area contributed by atoms with E-state index >= 15 is 0 Å². The smallest absolute Gasteiger partial charge is 0.255 e. The second-order valence-electron chi connectivity index (χ2n) is 6.93. The van der Waals surface area contributed by atoms with Crippen LogP contribution in [0.15, 0.2) is 42.9 Å². The average Bonchev–Trinajstić information content (AvgIpc) is 3.18. The van der Waals surface area contributed by atoms with Gasteiger partial charge in [0.25, 0.3) is 5.91 Å². The minimum Gasteiger partial charge on any atom is -0.491 e. The van der Waals surface area contributed by atoms with Crippen molar-refractivity contribution in [1.82, 2.24) is 14.9 Å². The quantitative estimate of drug-likeness (QED) is 0.852. The van der Waals surface area contributed by atoms with Gasteiger partial charge in [0.1, 0.15) is 5.75 Å². The van der Waals surface area contributed by atoms with Crippen LogP contribution < -0.4 is 4.74 Å². The van der Waals surface area contributed by atoms with E-state index in [0.717, 1.165) is 11.4 Å². The summed E-state index contributed by atoms with van der Waals surface area (Å²) in [5, 5.41) is 0. The summed E-state index contributed by atoms with van der Waals surface area (Å²) in [6, 6.07) is 7.46. The predicted molar refractivity (Wildman–Crippen MR) is 91.4 cm³/mol. The van der Waals surface area contributed by atoms with Gasteiger partial charge in [-0.05, 0) is 31.2 Å². The van der Waals surface area contributed by atoms with Crippen LogP contribution in [-0.2, 0) is 4.74 Å². The molecule has 2 aliphatic rings. The second kappa shape index (κ2) is 6.44.